The molecule has 10 heavy (non-hydrogen) atoms. The van der Waals surface area contributed by atoms with E-state index in [9.17, 15) is 4.79 Å². The summed E-state index contributed by atoms with van der Waals surface area (Å²) in [6.07, 6.45) is 4.33. The first kappa shape index (κ1) is 9.01. The lowest BCUT2D eigenvalue weighted by atomic mass is 10.5. The van der Waals surface area contributed by atoms with E-state index in [-0.39, 0.29) is 6.03 Å². The first-order valence-electron chi connectivity index (χ1n) is 3.46. The molecular weight excluding hydrogens is 128 g/mol. The van der Waals surface area contributed by atoms with Crippen LogP contribution in [-0.2, 0) is 0 Å². The monoisotopic (exact) mass is 142 g/mol. The third-order valence-corrected chi connectivity index (χ3v) is 0.917. The van der Waals surface area contributed by atoms with Gasteiger partial charge in [-0.2, -0.15) is 0 Å². The molecule has 0 aliphatic rings. The van der Waals surface area contributed by atoms with Crippen molar-refractivity contribution in [3.63, 3.8) is 0 Å². The molecule has 0 spiro atoms. The smallest absolute Gasteiger partial charge is 0.318 e. The normalized spacial score (nSPS) is 9.80. The van der Waals surface area contributed by atoms with E-state index in [1.165, 1.54) is 0 Å². The molecule has 58 valence electrons. The molecule has 0 radical (unpaired) electrons. The average Bonchev–Trinajstić information content (AvgIpc) is 1.97. The third kappa shape index (κ3) is 5.15. The second kappa shape index (κ2) is 6.13. The van der Waals surface area contributed by atoms with Gasteiger partial charge in [0.25, 0.3) is 0 Å². The van der Waals surface area contributed by atoms with Gasteiger partial charge in [-0.1, -0.05) is 13.0 Å². The minimum absolute atomic E-state index is 0.139. The van der Waals surface area contributed by atoms with Crippen molar-refractivity contribution in [2.24, 2.45) is 0 Å². The van der Waals surface area contributed by atoms with Crippen molar-refractivity contribution in [2.75, 3.05) is 6.54 Å². The molecular formula is C7H14N2O. The number of rotatable bonds is 3. The Morgan fingerprint density at radius 3 is 2.80 bits per heavy atom. The SMILES string of the molecule is C/C=C/NC(=O)NCCC. The van der Waals surface area contributed by atoms with Crippen LogP contribution in [0.25, 0.3) is 0 Å². The third-order valence-electron chi connectivity index (χ3n) is 0.917. The molecule has 0 heterocycles. The summed E-state index contributed by atoms with van der Waals surface area (Å²) in [5.41, 5.74) is 0. The van der Waals surface area contributed by atoms with Gasteiger partial charge in [-0.25, -0.2) is 4.79 Å². The van der Waals surface area contributed by atoms with E-state index in [4.69, 9.17) is 0 Å². The molecule has 0 aromatic heterocycles. The second-order valence-corrected chi connectivity index (χ2v) is 1.90. The summed E-state index contributed by atoms with van der Waals surface area (Å²) in [7, 11) is 0. The van der Waals surface area contributed by atoms with Gasteiger partial charge in [-0.15, -0.1) is 0 Å². The van der Waals surface area contributed by atoms with Gasteiger partial charge in [0, 0.05) is 12.7 Å². The lowest BCUT2D eigenvalue weighted by molar-refractivity contribution is 0.244. The van der Waals surface area contributed by atoms with Crippen LogP contribution in [0.5, 0.6) is 0 Å². The predicted octanol–water partition coefficient (Wildman–Crippen LogP) is 1.23. The van der Waals surface area contributed by atoms with Gasteiger partial charge in [0.15, 0.2) is 0 Å². The highest BCUT2D eigenvalue weighted by Crippen LogP contribution is 1.71. The minimum Gasteiger partial charge on any atom is -0.338 e. The molecule has 0 aromatic carbocycles. The Morgan fingerprint density at radius 1 is 1.60 bits per heavy atom. The summed E-state index contributed by atoms with van der Waals surface area (Å²) < 4.78 is 0. The minimum atomic E-state index is -0.139. The van der Waals surface area contributed by atoms with Crippen molar-refractivity contribution in [1.29, 1.82) is 0 Å². The summed E-state index contributed by atoms with van der Waals surface area (Å²) in [4.78, 5) is 10.7. The molecule has 0 fully saturated rings. The van der Waals surface area contributed by atoms with Gasteiger partial charge >= 0.3 is 6.03 Å². The second-order valence-electron chi connectivity index (χ2n) is 1.90. The van der Waals surface area contributed by atoms with E-state index in [1.54, 1.807) is 12.3 Å². The number of carbonyl (C=O) groups is 1. The molecule has 0 aliphatic heterocycles. The molecule has 0 saturated carbocycles. The molecule has 2 amide bonds. The molecule has 3 heteroatoms. The van der Waals surface area contributed by atoms with Gasteiger partial charge in [-0.3, -0.25) is 0 Å². The number of hydrogen-bond acceptors (Lipinski definition) is 1. The lowest BCUT2D eigenvalue weighted by Gasteiger charge is -2.00. The fourth-order valence-corrected chi connectivity index (χ4v) is 0.449. The van der Waals surface area contributed by atoms with Crippen LogP contribution in [0, 0.1) is 0 Å². The Bertz CT molecular complexity index is 121. The molecule has 2 N–H and O–H groups in total. The summed E-state index contributed by atoms with van der Waals surface area (Å²) >= 11 is 0. The fraction of sp³-hybridized carbons (Fsp3) is 0.571. The number of amides is 2. The summed E-state index contributed by atoms with van der Waals surface area (Å²) in [5, 5.41) is 5.20. The van der Waals surface area contributed by atoms with Gasteiger partial charge in [0.2, 0.25) is 0 Å². The van der Waals surface area contributed by atoms with Crippen LogP contribution >= 0.6 is 0 Å². The van der Waals surface area contributed by atoms with Gasteiger partial charge in [0.1, 0.15) is 0 Å². The van der Waals surface area contributed by atoms with E-state index < -0.39 is 0 Å². The van der Waals surface area contributed by atoms with Crippen LogP contribution in [0.15, 0.2) is 12.3 Å². The molecule has 3 nitrogen and oxygen atoms in total. The molecule has 0 unspecified atom stereocenters. The van der Waals surface area contributed by atoms with Gasteiger partial charge in [0.05, 0.1) is 0 Å². The van der Waals surface area contributed by atoms with Gasteiger partial charge < -0.3 is 10.6 Å². The Kier molecular flexibility index (Phi) is 5.53. The maximum absolute atomic E-state index is 10.7. The van der Waals surface area contributed by atoms with Crippen molar-refractivity contribution >= 4 is 6.03 Å². The Balaban J connectivity index is 3.25. The summed E-state index contributed by atoms with van der Waals surface area (Å²) in [6.45, 7) is 4.58. The topological polar surface area (TPSA) is 41.1 Å². The zero-order valence-electron chi connectivity index (χ0n) is 6.48. The average molecular weight is 142 g/mol. The molecule has 0 aliphatic carbocycles. The lowest BCUT2D eigenvalue weighted by Crippen LogP contribution is -2.32. The standard InChI is InChI=1S/C7H14N2O/c1-3-5-8-7(10)9-6-4-2/h3,5H,4,6H2,1-2H3,(H2,8,9,10)/b5-3+. The van der Waals surface area contributed by atoms with Crippen molar-refractivity contribution in [3.05, 3.63) is 12.3 Å². The quantitative estimate of drug-likeness (QED) is 0.611. The van der Waals surface area contributed by atoms with Crippen LogP contribution in [0.2, 0.25) is 0 Å². The van der Waals surface area contributed by atoms with Crippen molar-refractivity contribution in [2.45, 2.75) is 20.3 Å². The van der Waals surface area contributed by atoms with E-state index in [0.717, 1.165) is 13.0 Å². The van der Waals surface area contributed by atoms with Crippen LogP contribution in [0.1, 0.15) is 20.3 Å². The number of allylic oxidation sites excluding steroid dienone is 1. The molecule has 0 saturated heterocycles. The van der Waals surface area contributed by atoms with Crippen LogP contribution < -0.4 is 10.6 Å². The number of nitrogens with one attached hydrogen (secondary N) is 2. The first-order chi connectivity index (χ1) is 4.81. The molecule has 0 atom stereocenters. The Morgan fingerprint density at radius 2 is 2.30 bits per heavy atom. The molecule has 0 bridgehead atoms. The van der Waals surface area contributed by atoms with E-state index in [2.05, 4.69) is 10.6 Å². The zero-order chi connectivity index (χ0) is 7.82. The highest BCUT2D eigenvalue weighted by Gasteiger charge is 1.91. The van der Waals surface area contributed by atoms with Gasteiger partial charge in [-0.05, 0) is 13.3 Å². The van der Waals surface area contributed by atoms with E-state index in [0.29, 0.717) is 0 Å². The highest BCUT2D eigenvalue weighted by molar-refractivity contribution is 5.74. The van der Waals surface area contributed by atoms with Crippen LogP contribution in [0.3, 0.4) is 0 Å². The van der Waals surface area contributed by atoms with E-state index >= 15 is 0 Å². The number of hydrogen-bond donors (Lipinski definition) is 2. The fourth-order valence-electron chi connectivity index (χ4n) is 0.449. The van der Waals surface area contributed by atoms with E-state index in [1.807, 2.05) is 13.8 Å². The first-order valence-corrected chi connectivity index (χ1v) is 3.46. The van der Waals surface area contributed by atoms with Crippen LogP contribution in [-0.4, -0.2) is 12.6 Å². The maximum atomic E-state index is 10.7. The summed E-state index contributed by atoms with van der Waals surface area (Å²) in [5.74, 6) is 0. The molecule has 0 aromatic rings. The number of carbonyl (C=O) groups excluding carboxylic acids is 1. The predicted molar refractivity (Wildman–Crippen MR) is 41.6 cm³/mol. The summed E-state index contributed by atoms with van der Waals surface area (Å²) in [6, 6.07) is -0.139. The molecule has 0 rings (SSSR count). The maximum Gasteiger partial charge on any atom is 0.318 e. The van der Waals surface area contributed by atoms with Crippen molar-refractivity contribution < 1.29 is 4.79 Å². The Hall–Kier alpha value is -0.990. The van der Waals surface area contributed by atoms with Crippen molar-refractivity contribution in [1.82, 2.24) is 10.6 Å². The zero-order valence-corrected chi connectivity index (χ0v) is 6.48. The number of urea groups is 1. The van der Waals surface area contributed by atoms with Crippen LogP contribution in [0.4, 0.5) is 4.79 Å². The van der Waals surface area contributed by atoms with Crippen molar-refractivity contribution in [3.8, 4) is 0 Å². The highest BCUT2D eigenvalue weighted by atomic mass is 16.2. The largest absolute Gasteiger partial charge is 0.338 e. The Labute approximate surface area is 61.5 Å².